The Hall–Kier alpha value is -1.40. The summed E-state index contributed by atoms with van der Waals surface area (Å²) in [5, 5.41) is 6.93. The molecule has 1 fully saturated rings. The minimum Gasteiger partial charge on any atom is -0.376 e. The average molecular weight is 312 g/mol. The molecule has 0 radical (unpaired) electrons. The molecule has 1 aliphatic carbocycles. The van der Waals surface area contributed by atoms with Crippen LogP contribution in [0.25, 0.3) is 0 Å². The van der Waals surface area contributed by atoms with Crippen LogP contribution in [0.3, 0.4) is 0 Å². The zero-order valence-electron chi connectivity index (χ0n) is 11.1. The number of guanidine groups is 1. The monoisotopic (exact) mass is 311 g/mol. The Morgan fingerprint density at radius 2 is 2.35 bits per heavy atom. The van der Waals surface area contributed by atoms with Crippen LogP contribution in [0.15, 0.2) is 23.3 Å². The smallest absolute Gasteiger partial charge is 0.197 e. The summed E-state index contributed by atoms with van der Waals surface area (Å²) in [4.78, 5) is 8.69. The topological polar surface area (TPSA) is 75.3 Å². The lowest BCUT2D eigenvalue weighted by molar-refractivity contribution is 0.795. The van der Waals surface area contributed by atoms with Crippen molar-refractivity contribution in [3.63, 3.8) is 0 Å². The van der Waals surface area contributed by atoms with Gasteiger partial charge in [0.1, 0.15) is 0 Å². The molecule has 0 spiro atoms. The number of halogens is 1. The van der Waals surface area contributed by atoms with Gasteiger partial charge in [-0.2, -0.15) is 0 Å². The molecular formula is C13H18ClN5S. The summed E-state index contributed by atoms with van der Waals surface area (Å²) >= 11 is 10.9. The van der Waals surface area contributed by atoms with Gasteiger partial charge in [-0.1, -0.05) is 11.6 Å². The van der Waals surface area contributed by atoms with Gasteiger partial charge >= 0.3 is 0 Å². The lowest BCUT2D eigenvalue weighted by atomic mass is 10.3. The maximum Gasteiger partial charge on any atom is 0.197 e. The molecule has 4 N–H and O–H groups in total. The fourth-order valence-corrected chi connectivity index (χ4v) is 1.99. The van der Waals surface area contributed by atoms with Gasteiger partial charge in [-0.15, -0.1) is 0 Å². The van der Waals surface area contributed by atoms with Gasteiger partial charge in [-0.25, -0.2) is 0 Å². The minimum absolute atomic E-state index is 0.211. The third kappa shape index (κ3) is 5.30. The van der Waals surface area contributed by atoms with E-state index >= 15 is 0 Å². The Balaban J connectivity index is 1.83. The van der Waals surface area contributed by atoms with Crippen LogP contribution in [0.2, 0.25) is 5.02 Å². The largest absolute Gasteiger partial charge is 0.376 e. The molecule has 1 saturated carbocycles. The number of aliphatic imine (C=N–C) groups is 1. The van der Waals surface area contributed by atoms with Crippen LogP contribution >= 0.6 is 23.8 Å². The zero-order valence-corrected chi connectivity index (χ0v) is 12.7. The molecule has 0 aliphatic heterocycles. The van der Waals surface area contributed by atoms with E-state index in [0.29, 0.717) is 29.9 Å². The van der Waals surface area contributed by atoms with E-state index in [1.54, 1.807) is 6.20 Å². The predicted octanol–water partition coefficient (Wildman–Crippen LogP) is 1.47. The maximum absolute atomic E-state index is 6.06. The second-order valence-corrected chi connectivity index (χ2v) is 5.58. The molecule has 20 heavy (non-hydrogen) atoms. The second-order valence-electron chi connectivity index (χ2n) is 4.73. The summed E-state index contributed by atoms with van der Waals surface area (Å²) in [5.74, 6) is 1.33. The van der Waals surface area contributed by atoms with Crippen molar-refractivity contribution in [2.24, 2.45) is 16.6 Å². The first-order valence-electron chi connectivity index (χ1n) is 6.59. The summed E-state index contributed by atoms with van der Waals surface area (Å²) in [6.45, 7) is 1.47. The van der Waals surface area contributed by atoms with Crippen LogP contribution < -0.4 is 16.4 Å². The maximum atomic E-state index is 6.06. The lowest BCUT2D eigenvalue weighted by Gasteiger charge is -2.11. The van der Waals surface area contributed by atoms with Crippen molar-refractivity contribution in [3.8, 4) is 0 Å². The highest BCUT2D eigenvalue weighted by molar-refractivity contribution is 7.80. The number of pyridine rings is 1. The molecular weight excluding hydrogens is 294 g/mol. The zero-order chi connectivity index (χ0) is 14.4. The summed E-state index contributed by atoms with van der Waals surface area (Å²) in [6.07, 6.45) is 4.96. The van der Waals surface area contributed by atoms with Crippen molar-refractivity contribution >= 4 is 34.9 Å². The van der Waals surface area contributed by atoms with E-state index < -0.39 is 0 Å². The van der Waals surface area contributed by atoms with Crippen LogP contribution in [0.5, 0.6) is 0 Å². The number of hydrogen-bond donors (Lipinski definition) is 3. The number of aromatic nitrogens is 1. The third-order valence-corrected chi connectivity index (χ3v) is 3.38. The quantitative estimate of drug-likeness (QED) is 0.436. The molecule has 0 atom stereocenters. The summed E-state index contributed by atoms with van der Waals surface area (Å²) in [7, 11) is 0. The van der Waals surface area contributed by atoms with Crippen LogP contribution in [0.1, 0.15) is 18.5 Å². The van der Waals surface area contributed by atoms with Gasteiger partial charge < -0.3 is 16.4 Å². The van der Waals surface area contributed by atoms with E-state index in [1.807, 2.05) is 12.1 Å². The highest BCUT2D eigenvalue weighted by Crippen LogP contribution is 2.28. The molecule has 1 aromatic rings. The van der Waals surface area contributed by atoms with Gasteiger partial charge in [0.15, 0.2) is 11.1 Å². The Morgan fingerprint density at radius 3 is 3.00 bits per heavy atom. The Labute approximate surface area is 129 Å². The van der Waals surface area contributed by atoms with Crippen LogP contribution in [0.4, 0.5) is 0 Å². The molecule has 7 heteroatoms. The highest BCUT2D eigenvalue weighted by atomic mass is 35.5. The highest BCUT2D eigenvalue weighted by Gasteiger charge is 2.20. The van der Waals surface area contributed by atoms with Gasteiger partial charge in [0.05, 0.1) is 10.7 Å². The molecule has 2 rings (SSSR count). The number of nitrogens with one attached hydrogen (secondary N) is 2. The summed E-state index contributed by atoms with van der Waals surface area (Å²) in [5.41, 5.74) is 6.35. The predicted molar refractivity (Wildman–Crippen MR) is 85.9 cm³/mol. The standard InChI is InChI=1S/C13H18ClN5S/c14-10-2-1-6-16-11(10)5-7-17-13(19-12(15)20)18-8-9-3-4-9/h1-2,6,9H,3-5,7-8H2,(H4,15,17,18,19,20). The van der Waals surface area contributed by atoms with Gasteiger partial charge in [-0.3, -0.25) is 9.98 Å². The molecule has 1 heterocycles. The summed E-state index contributed by atoms with van der Waals surface area (Å²) < 4.78 is 0. The van der Waals surface area contributed by atoms with Crippen LogP contribution in [0, 0.1) is 5.92 Å². The first-order chi connectivity index (χ1) is 9.65. The fraction of sp³-hybridized carbons (Fsp3) is 0.462. The average Bonchev–Trinajstić information content (AvgIpc) is 3.21. The molecule has 1 aromatic heterocycles. The molecule has 0 aromatic carbocycles. The number of thiocarbonyl (C=S) groups is 1. The van der Waals surface area contributed by atoms with E-state index in [1.165, 1.54) is 12.8 Å². The minimum atomic E-state index is 0.211. The molecule has 0 saturated heterocycles. The molecule has 1 aliphatic rings. The molecule has 0 bridgehead atoms. The van der Waals surface area contributed by atoms with E-state index in [2.05, 4.69) is 20.6 Å². The number of rotatable bonds is 5. The summed E-state index contributed by atoms with van der Waals surface area (Å²) in [6, 6.07) is 3.65. The van der Waals surface area contributed by atoms with Crippen molar-refractivity contribution in [2.45, 2.75) is 19.3 Å². The van der Waals surface area contributed by atoms with Gasteiger partial charge in [0, 0.05) is 25.7 Å². The Morgan fingerprint density at radius 1 is 1.55 bits per heavy atom. The molecule has 5 nitrogen and oxygen atoms in total. The van der Waals surface area contributed by atoms with Crippen LogP contribution in [-0.2, 0) is 6.42 Å². The number of hydrogen-bond acceptors (Lipinski definition) is 3. The first-order valence-corrected chi connectivity index (χ1v) is 7.38. The second kappa shape index (κ2) is 7.40. The number of nitrogens with two attached hydrogens (primary N) is 1. The SMILES string of the molecule is NC(=S)NC(=NCC1CC1)NCCc1ncccc1Cl. The third-order valence-electron chi connectivity index (χ3n) is 2.94. The van der Waals surface area contributed by atoms with Crippen molar-refractivity contribution in [3.05, 3.63) is 29.0 Å². The van der Waals surface area contributed by atoms with Crippen molar-refractivity contribution in [1.82, 2.24) is 15.6 Å². The van der Waals surface area contributed by atoms with Crippen molar-refractivity contribution in [2.75, 3.05) is 13.1 Å². The Bertz CT molecular complexity index is 501. The molecule has 0 amide bonds. The van der Waals surface area contributed by atoms with E-state index in [-0.39, 0.29) is 5.11 Å². The first kappa shape index (κ1) is 15.0. The fourth-order valence-electron chi connectivity index (χ4n) is 1.68. The van der Waals surface area contributed by atoms with Crippen LogP contribution in [-0.4, -0.2) is 29.1 Å². The Kier molecular flexibility index (Phi) is 5.55. The van der Waals surface area contributed by atoms with Gasteiger partial charge in [-0.05, 0) is 43.1 Å². The van der Waals surface area contributed by atoms with E-state index in [4.69, 9.17) is 29.6 Å². The number of nitrogens with zero attached hydrogens (tertiary/aromatic N) is 2. The normalized spacial score (nSPS) is 14.9. The van der Waals surface area contributed by atoms with Gasteiger partial charge in [0.2, 0.25) is 0 Å². The molecule has 0 unspecified atom stereocenters. The van der Waals surface area contributed by atoms with Crippen molar-refractivity contribution < 1.29 is 0 Å². The van der Waals surface area contributed by atoms with E-state index in [9.17, 15) is 0 Å². The van der Waals surface area contributed by atoms with Crippen molar-refractivity contribution in [1.29, 1.82) is 0 Å². The molecule has 108 valence electrons. The van der Waals surface area contributed by atoms with E-state index in [0.717, 1.165) is 12.2 Å². The lowest BCUT2D eigenvalue weighted by Crippen LogP contribution is -2.44. The van der Waals surface area contributed by atoms with Gasteiger partial charge in [0.25, 0.3) is 0 Å².